The van der Waals surface area contributed by atoms with Gasteiger partial charge >= 0.3 is 0 Å². The van der Waals surface area contributed by atoms with Crippen molar-refractivity contribution < 1.29 is 4.74 Å². The Hall–Kier alpha value is -2.58. The first-order chi connectivity index (χ1) is 8.33. The number of nitrogens with one attached hydrogen (secondary N) is 1. The summed E-state index contributed by atoms with van der Waals surface area (Å²) in [6.07, 6.45) is 0. The first kappa shape index (κ1) is 10.9. The highest BCUT2D eigenvalue weighted by Gasteiger charge is 2.04. The van der Waals surface area contributed by atoms with Crippen molar-refractivity contribution in [3.63, 3.8) is 0 Å². The van der Waals surface area contributed by atoms with Gasteiger partial charge in [-0.05, 0) is 18.2 Å². The number of nitriles is 1. The molecule has 5 heteroatoms. The minimum absolute atomic E-state index is 0.378. The Bertz CT molecular complexity index is 562. The molecular formula is C12H10N4O. The first-order valence-electron chi connectivity index (χ1n) is 4.94. The molecule has 84 valence electrons. The molecule has 2 rings (SSSR count). The van der Waals surface area contributed by atoms with Crippen LogP contribution in [0, 0.1) is 11.3 Å². The molecule has 0 saturated heterocycles. The van der Waals surface area contributed by atoms with Crippen LogP contribution in [0.25, 0.3) is 0 Å². The molecule has 0 atom stereocenters. The Morgan fingerprint density at radius 3 is 2.76 bits per heavy atom. The lowest BCUT2D eigenvalue weighted by molar-refractivity contribution is 0.462. The van der Waals surface area contributed by atoms with Crippen LogP contribution >= 0.6 is 0 Å². The molecule has 0 aliphatic carbocycles. The SMILES string of the molecule is N#Cc1ccccc1Oc1cccc(NN)n1. The van der Waals surface area contributed by atoms with Crippen LogP contribution in [0.15, 0.2) is 42.5 Å². The topological polar surface area (TPSA) is 84.0 Å². The maximum Gasteiger partial charge on any atom is 0.221 e. The van der Waals surface area contributed by atoms with Gasteiger partial charge in [0, 0.05) is 6.07 Å². The van der Waals surface area contributed by atoms with E-state index in [0.29, 0.717) is 23.0 Å². The highest BCUT2D eigenvalue weighted by Crippen LogP contribution is 2.23. The van der Waals surface area contributed by atoms with Crippen molar-refractivity contribution in [3.8, 4) is 17.7 Å². The molecular weight excluding hydrogens is 216 g/mol. The fourth-order valence-corrected chi connectivity index (χ4v) is 1.31. The van der Waals surface area contributed by atoms with E-state index in [0.717, 1.165) is 0 Å². The molecule has 1 aromatic carbocycles. The molecule has 0 spiro atoms. The van der Waals surface area contributed by atoms with Gasteiger partial charge in [-0.1, -0.05) is 18.2 Å². The van der Waals surface area contributed by atoms with Crippen molar-refractivity contribution in [3.05, 3.63) is 48.0 Å². The van der Waals surface area contributed by atoms with E-state index in [9.17, 15) is 0 Å². The number of hydrazine groups is 1. The van der Waals surface area contributed by atoms with Gasteiger partial charge in [0.05, 0.1) is 5.56 Å². The Morgan fingerprint density at radius 2 is 2.00 bits per heavy atom. The molecule has 0 radical (unpaired) electrons. The molecule has 1 aromatic heterocycles. The molecule has 0 fully saturated rings. The smallest absolute Gasteiger partial charge is 0.221 e. The lowest BCUT2D eigenvalue weighted by Gasteiger charge is -2.07. The summed E-state index contributed by atoms with van der Waals surface area (Å²) >= 11 is 0. The van der Waals surface area contributed by atoms with Crippen molar-refractivity contribution in [2.24, 2.45) is 5.84 Å². The Morgan fingerprint density at radius 1 is 1.18 bits per heavy atom. The number of rotatable bonds is 3. The summed E-state index contributed by atoms with van der Waals surface area (Å²) in [6, 6.07) is 14.2. The van der Waals surface area contributed by atoms with Gasteiger partial charge in [0.1, 0.15) is 17.6 Å². The maximum absolute atomic E-state index is 8.91. The number of nitrogens with two attached hydrogens (primary N) is 1. The van der Waals surface area contributed by atoms with Crippen LogP contribution in [0.5, 0.6) is 11.6 Å². The molecule has 17 heavy (non-hydrogen) atoms. The fraction of sp³-hybridized carbons (Fsp3) is 0. The molecule has 1 heterocycles. The summed E-state index contributed by atoms with van der Waals surface area (Å²) in [5, 5.41) is 8.91. The van der Waals surface area contributed by atoms with Gasteiger partial charge in [-0.2, -0.15) is 10.2 Å². The van der Waals surface area contributed by atoms with Crippen LogP contribution in [0.2, 0.25) is 0 Å². The van der Waals surface area contributed by atoms with Crippen LogP contribution < -0.4 is 16.0 Å². The zero-order valence-electron chi connectivity index (χ0n) is 8.92. The number of aromatic nitrogens is 1. The van der Waals surface area contributed by atoms with E-state index in [1.165, 1.54) is 0 Å². The molecule has 0 bridgehead atoms. The third-order valence-electron chi connectivity index (χ3n) is 2.09. The number of benzene rings is 1. The number of ether oxygens (including phenoxy) is 1. The average molecular weight is 226 g/mol. The van der Waals surface area contributed by atoms with Crippen LogP contribution in [0.1, 0.15) is 5.56 Å². The standard InChI is InChI=1S/C12H10N4O/c13-8-9-4-1-2-5-10(9)17-12-7-3-6-11(15-12)16-14/h1-7H,14H2,(H,15,16). The number of hydrogen-bond donors (Lipinski definition) is 2. The highest BCUT2D eigenvalue weighted by molar-refractivity contribution is 5.45. The number of hydrogen-bond acceptors (Lipinski definition) is 5. The molecule has 0 saturated carbocycles. The lowest BCUT2D eigenvalue weighted by atomic mass is 10.2. The highest BCUT2D eigenvalue weighted by atomic mass is 16.5. The van der Waals surface area contributed by atoms with Gasteiger partial charge in [0.2, 0.25) is 5.88 Å². The number of nitrogens with zero attached hydrogens (tertiary/aromatic N) is 2. The normalized spacial score (nSPS) is 9.41. The number of nitrogen functional groups attached to an aromatic ring is 1. The van der Waals surface area contributed by atoms with E-state index in [1.54, 1.807) is 42.5 Å². The van der Waals surface area contributed by atoms with Crippen molar-refractivity contribution in [1.82, 2.24) is 4.98 Å². The molecule has 0 aliphatic rings. The molecule has 0 aliphatic heterocycles. The summed E-state index contributed by atoms with van der Waals surface area (Å²) in [5.74, 6) is 6.59. The number of para-hydroxylation sites is 1. The van der Waals surface area contributed by atoms with Crippen molar-refractivity contribution in [1.29, 1.82) is 5.26 Å². The molecule has 0 amide bonds. The van der Waals surface area contributed by atoms with E-state index in [4.69, 9.17) is 15.8 Å². The second-order valence-corrected chi connectivity index (χ2v) is 3.22. The summed E-state index contributed by atoms with van der Waals surface area (Å²) in [5.41, 5.74) is 2.88. The van der Waals surface area contributed by atoms with Crippen LogP contribution in [-0.2, 0) is 0 Å². The second-order valence-electron chi connectivity index (χ2n) is 3.22. The van der Waals surface area contributed by atoms with Crippen molar-refractivity contribution >= 4 is 5.82 Å². The quantitative estimate of drug-likeness (QED) is 0.618. The average Bonchev–Trinajstić information content (AvgIpc) is 2.39. The van der Waals surface area contributed by atoms with Gasteiger partial charge in [-0.3, -0.25) is 0 Å². The largest absolute Gasteiger partial charge is 0.438 e. The third kappa shape index (κ3) is 2.51. The van der Waals surface area contributed by atoms with Gasteiger partial charge in [-0.25, -0.2) is 5.84 Å². The second kappa shape index (κ2) is 4.96. The summed E-state index contributed by atoms with van der Waals surface area (Å²) in [6.45, 7) is 0. The molecule has 3 N–H and O–H groups in total. The fourth-order valence-electron chi connectivity index (χ4n) is 1.31. The van der Waals surface area contributed by atoms with Crippen LogP contribution in [0.3, 0.4) is 0 Å². The van der Waals surface area contributed by atoms with Crippen molar-refractivity contribution in [2.45, 2.75) is 0 Å². The summed E-state index contributed by atoms with van der Waals surface area (Å²) in [4.78, 5) is 4.09. The zero-order valence-corrected chi connectivity index (χ0v) is 8.92. The minimum atomic E-state index is 0.378. The van der Waals surface area contributed by atoms with Crippen molar-refractivity contribution in [2.75, 3.05) is 5.43 Å². The van der Waals surface area contributed by atoms with E-state index in [-0.39, 0.29) is 0 Å². The lowest BCUT2D eigenvalue weighted by Crippen LogP contribution is -2.08. The summed E-state index contributed by atoms with van der Waals surface area (Å²) < 4.78 is 5.51. The van der Waals surface area contributed by atoms with Gasteiger partial charge in [-0.15, -0.1) is 0 Å². The van der Waals surface area contributed by atoms with E-state index >= 15 is 0 Å². The van der Waals surface area contributed by atoms with Crippen LogP contribution in [-0.4, -0.2) is 4.98 Å². The Kier molecular flexibility index (Phi) is 3.19. The van der Waals surface area contributed by atoms with Gasteiger partial charge in [0.15, 0.2) is 0 Å². The van der Waals surface area contributed by atoms with Crippen LogP contribution in [0.4, 0.5) is 5.82 Å². The van der Waals surface area contributed by atoms with E-state index in [2.05, 4.69) is 16.5 Å². The number of pyridine rings is 1. The number of anilines is 1. The molecule has 5 nitrogen and oxygen atoms in total. The van der Waals surface area contributed by atoms with E-state index in [1.807, 2.05) is 0 Å². The van der Waals surface area contributed by atoms with Gasteiger partial charge in [0.25, 0.3) is 0 Å². The monoisotopic (exact) mass is 226 g/mol. The van der Waals surface area contributed by atoms with Gasteiger partial charge < -0.3 is 10.2 Å². The Labute approximate surface area is 98.4 Å². The molecule has 0 unspecified atom stereocenters. The van der Waals surface area contributed by atoms with E-state index < -0.39 is 0 Å². The Balaban J connectivity index is 2.28. The maximum atomic E-state index is 8.91. The third-order valence-corrected chi connectivity index (χ3v) is 2.09. The first-order valence-corrected chi connectivity index (χ1v) is 4.94. The predicted molar refractivity (Wildman–Crippen MR) is 63.3 cm³/mol. The molecule has 2 aromatic rings. The summed E-state index contributed by atoms with van der Waals surface area (Å²) in [7, 11) is 0. The zero-order chi connectivity index (χ0) is 12.1. The predicted octanol–water partition coefficient (Wildman–Crippen LogP) is 2.03. The minimum Gasteiger partial charge on any atom is -0.438 e.